The zero-order valence-corrected chi connectivity index (χ0v) is 34.5. The van der Waals surface area contributed by atoms with Crippen molar-refractivity contribution in [3.8, 4) is 5.75 Å². The summed E-state index contributed by atoms with van der Waals surface area (Å²) >= 11 is 0. The molecule has 0 spiro atoms. The summed E-state index contributed by atoms with van der Waals surface area (Å²) in [6.07, 6.45) is 4.36. The molecule has 292 valence electrons. The molecule has 1 heterocycles. The highest BCUT2D eigenvalue weighted by molar-refractivity contribution is 7.17. The van der Waals surface area contributed by atoms with Gasteiger partial charge in [-0.3, -0.25) is 4.79 Å². The van der Waals surface area contributed by atoms with E-state index in [0.29, 0.717) is 28.2 Å². The van der Waals surface area contributed by atoms with E-state index in [-0.39, 0.29) is 17.2 Å². The fourth-order valence-electron chi connectivity index (χ4n) is 7.80. The smallest absolute Gasteiger partial charge is 0.332 e. The van der Waals surface area contributed by atoms with E-state index in [4.69, 9.17) is 9.57 Å². The summed E-state index contributed by atoms with van der Waals surface area (Å²) in [4.78, 5) is 32.1. The first-order valence-corrected chi connectivity index (χ1v) is 20.1. The summed E-state index contributed by atoms with van der Waals surface area (Å²) in [7, 11) is 2.13. The van der Waals surface area contributed by atoms with Crippen molar-refractivity contribution in [1.29, 1.82) is 0 Å². The Bertz CT molecular complexity index is 2440. The van der Waals surface area contributed by atoms with Gasteiger partial charge in [0.25, 0.3) is 5.92 Å². The van der Waals surface area contributed by atoms with Gasteiger partial charge in [0.1, 0.15) is 11.5 Å². The van der Waals surface area contributed by atoms with E-state index in [1.165, 1.54) is 13.8 Å². The van der Waals surface area contributed by atoms with E-state index in [0.717, 1.165) is 81.5 Å². The van der Waals surface area contributed by atoms with Gasteiger partial charge < -0.3 is 14.1 Å². The number of hydrogen-bond acceptors (Lipinski definition) is 5. The van der Waals surface area contributed by atoms with Gasteiger partial charge in [-0.05, 0) is 80.0 Å². The van der Waals surface area contributed by atoms with Gasteiger partial charge in [0, 0.05) is 63.1 Å². The topological polar surface area (TPSA) is 69.9 Å². The highest BCUT2D eigenvalue weighted by Gasteiger charge is 2.35. The van der Waals surface area contributed by atoms with Crippen LogP contribution in [0, 0.1) is 26.7 Å². The fraction of sp³-hybridized carbons (Fsp3) is 0.340. The molecule has 6 nitrogen and oxygen atoms in total. The van der Waals surface area contributed by atoms with Gasteiger partial charge in [0.15, 0.2) is 12.4 Å². The molecule has 3 atom stereocenters. The molecule has 1 aromatic heterocycles. The summed E-state index contributed by atoms with van der Waals surface area (Å²) in [6, 6.07) is 27.0. The number of carbonyl (C=O) groups is 2. The van der Waals surface area contributed by atoms with Crippen molar-refractivity contribution in [3.63, 3.8) is 0 Å². The first kappa shape index (κ1) is 40.7. The lowest BCUT2D eigenvalue weighted by molar-refractivity contribution is -0.140. The van der Waals surface area contributed by atoms with E-state index in [9.17, 15) is 18.4 Å². The van der Waals surface area contributed by atoms with Crippen LogP contribution < -0.4 is 4.74 Å². The molecule has 6 aromatic rings. The molecule has 0 radical (unpaired) electrons. The molecule has 0 bridgehead atoms. The molecule has 9 heteroatoms. The predicted molar refractivity (Wildman–Crippen MR) is 228 cm³/mol. The lowest BCUT2D eigenvalue weighted by atomic mass is 9.89. The lowest BCUT2D eigenvalue weighted by Gasteiger charge is -2.21. The van der Waals surface area contributed by atoms with Crippen molar-refractivity contribution >= 4 is 59.3 Å². The summed E-state index contributed by atoms with van der Waals surface area (Å²) in [5.74, 6) is -3.16. The van der Waals surface area contributed by atoms with Gasteiger partial charge in [-0.15, -0.1) is 9.24 Å². The van der Waals surface area contributed by atoms with Crippen molar-refractivity contribution in [2.45, 2.75) is 92.3 Å². The Morgan fingerprint density at radius 3 is 2.20 bits per heavy atom. The molecule has 6 rings (SSSR count). The molecule has 0 amide bonds. The maximum absolute atomic E-state index is 14.8. The molecular formula is C47H51F2N2O4P. The standard InChI is InChI=1S/C47H51F2N2O4P/c1-8-10-15-33(9-2)26-51-41-21-20-34(44(50-55-32(7)52)37-18-13-14-19-42(37)54-27-47(48,49)31(6)56)24-38(41)39-25-40(35-16-11-12-17-36(35)45(39)51)46(53)43-29(4)22-28(3)23-30(43)5/h11-14,16-25,31,33H,8-10,15,26-27,56H2,1-7H3/b50-44+. The molecular weight excluding hydrogens is 725 g/mol. The number of hydrogen-bond donors (Lipinski definition) is 0. The van der Waals surface area contributed by atoms with Gasteiger partial charge in [0.2, 0.25) is 0 Å². The number of aromatic nitrogens is 1. The second-order valence-corrected chi connectivity index (χ2v) is 16.1. The second kappa shape index (κ2) is 17.1. The number of ketones is 1. The highest BCUT2D eigenvalue weighted by Crippen LogP contribution is 2.40. The Labute approximate surface area is 330 Å². The van der Waals surface area contributed by atoms with E-state index >= 15 is 0 Å². The average molecular weight is 777 g/mol. The zero-order chi connectivity index (χ0) is 40.3. The SMILES string of the molecule is CCCCC(CC)Cn1c2ccc(/C(=N\OC(C)=O)c3ccccc3OCC(F)(F)C(C)P)cc2c2cc(C(=O)c3c(C)cc(C)cc3C)c3ccccc3c21. The Morgan fingerprint density at radius 1 is 0.857 bits per heavy atom. The third kappa shape index (κ3) is 8.27. The van der Waals surface area contributed by atoms with Crippen LogP contribution in [0.15, 0.2) is 90.1 Å². The molecule has 0 saturated heterocycles. The Kier molecular flexibility index (Phi) is 12.4. The van der Waals surface area contributed by atoms with Crippen LogP contribution in [0.25, 0.3) is 32.6 Å². The molecule has 0 aliphatic rings. The Hall–Kier alpha value is -4.94. The average Bonchev–Trinajstić information content (AvgIpc) is 3.47. The number of para-hydroxylation sites is 1. The van der Waals surface area contributed by atoms with Gasteiger partial charge in [-0.1, -0.05) is 105 Å². The number of fused-ring (bicyclic) bond motifs is 5. The maximum atomic E-state index is 14.8. The van der Waals surface area contributed by atoms with Gasteiger partial charge in [0.05, 0.1) is 5.52 Å². The number of unbranched alkanes of at least 4 members (excludes halogenated alkanes) is 1. The third-order valence-electron chi connectivity index (χ3n) is 10.8. The number of carbonyl (C=O) groups excluding carboxylic acids is 2. The molecule has 56 heavy (non-hydrogen) atoms. The minimum Gasteiger partial charge on any atom is -0.487 e. The summed E-state index contributed by atoms with van der Waals surface area (Å²) < 4.78 is 37.6. The van der Waals surface area contributed by atoms with Crippen LogP contribution in [0.3, 0.4) is 0 Å². The minimum atomic E-state index is -3.10. The van der Waals surface area contributed by atoms with E-state index in [1.54, 1.807) is 24.3 Å². The van der Waals surface area contributed by atoms with Crippen LogP contribution in [-0.2, 0) is 16.2 Å². The number of nitrogens with zero attached hydrogens (tertiary/aromatic N) is 2. The first-order valence-electron chi connectivity index (χ1n) is 19.5. The molecule has 0 saturated carbocycles. The number of halogens is 2. The van der Waals surface area contributed by atoms with Crippen molar-refractivity contribution in [2.75, 3.05) is 6.61 Å². The van der Waals surface area contributed by atoms with Crippen molar-refractivity contribution in [3.05, 3.63) is 124 Å². The molecule has 0 N–H and O–H groups in total. The van der Waals surface area contributed by atoms with Crippen LogP contribution >= 0.6 is 9.24 Å². The fourth-order valence-corrected chi connectivity index (χ4v) is 7.89. The lowest BCUT2D eigenvalue weighted by Crippen LogP contribution is -2.33. The molecule has 0 fully saturated rings. The maximum Gasteiger partial charge on any atom is 0.332 e. The molecule has 0 aliphatic carbocycles. The third-order valence-corrected chi connectivity index (χ3v) is 11.3. The number of benzene rings is 5. The number of ether oxygens (including phenoxy) is 1. The Morgan fingerprint density at radius 2 is 1.54 bits per heavy atom. The monoisotopic (exact) mass is 776 g/mol. The quantitative estimate of drug-likeness (QED) is 0.0342. The zero-order valence-electron chi connectivity index (χ0n) is 33.3. The van der Waals surface area contributed by atoms with Gasteiger partial charge >= 0.3 is 5.97 Å². The van der Waals surface area contributed by atoms with E-state index in [1.807, 2.05) is 63.2 Å². The molecule has 5 aromatic carbocycles. The summed E-state index contributed by atoms with van der Waals surface area (Å²) in [6.45, 7) is 13.1. The number of aryl methyl sites for hydroxylation is 3. The number of oxime groups is 1. The van der Waals surface area contributed by atoms with Crippen molar-refractivity contribution in [1.82, 2.24) is 4.57 Å². The van der Waals surface area contributed by atoms with Crippen LogP contribution in [0.5, 0.6) is 5.75 Å². The predicted octanol–water partition coefficient (Wildman–Crippen LogP) is 11.9. The van der Waals surface area contributed by atoms with E-state index < -0.39 is 24.2 Å². The number of alkyl halides is 2. The first-order chi connectivity index (χ1) is 26.7. The van der Waals surface area contributed by atoms with Crippen LogP contribution in [0.4, 0.5) is 8.78 Å². The molecule has 0 aliphatic heterocycles. The van der Waals surface area contributed by atoms with Crippen LogP contribution in [0.2, 0.25) is 0 Å². The normalized spacial score (nSPS) is 13.4. The molecule has 3 unspecified atom stereocenters. The van der Waals surface area contributed by atoms with Crippen LogP contribution in [0.1, 0.15) is 97.1 Å². The van der Waals surface area contributed by atoms with Crippen molar-refractivity contribution in [2.24, 2.45) is 11.1 Å². The van der Waals surface area contributed by atoms with Gasteiger partial charge in [-0.2, -0.15) is 0 Å². The summed E-state index contributed by atoms with van der Waals surface area (Å²) in [5.41, 5.74) is 6.52. The largest absolute Gasteiger partial charge is 0.487 e. The second-order valence-electron chi connectivity index (χ2n) is 15.1. The van der Waals surface area contributed by atoms with Crippen molar-refractivity contribution < 1.29 is 27.9 Å². The Balaban J connectivity index is 1.63. The summed E-state index contributed by atoms with van der Waals surface area (Å²) in [5, 5.41) is 7.95. The van der Waals surface area contributed by atoms with Gasteiger partial charge in [-0.25, -0.2) is 13.6 Å². The minimum absolute atomic E-state index is 0.0377. The van der Waals surface area contributed by atoms with E-state index in [2.05, 4.69) is 51.0 Å². The van der Waals surface area contributed by atoms with Crippen LogP contribution in [-0.4, -0.2) is 40.2 Å². The number of rotatable bonds is 15. The highest BCUT2D eigenvalue weighted by atomic mass is 31.0.